The molecule has 5 nitrogen and oxygen atoms in total. The molecule has 0 spiro atoms. The summed E-state index contributed by atoms with van der Waals surface area (Å²) in [4.78, 5) is 3.93. The average Bonchev–Trinajstić information content (AvgIpc) is 2.28. The third-order valence-corrected chi connectivity index (χ3v) is 1.87. The molecular formula is C11H18N2O3. The van der Waals surface area contributed by atoms with Gasteiger partial charge >= 0.3 is 0 Å². The topological polar surface area (TPSA) is 66.6 Å². The highest BCUT2D eigenvalue weighted by molar-refractivity contribution is 5.39. The first-order valence-corrected chi connectivity index (χ1v) is 5.23. The molecule has 0 radical (unpaired) electrons. The van der Waals surface area contributed by atoms with E-state index in [4.69, 9.17) is 19.9 Å². The van der Waals surface area contributed by atoms with Crippen molar-refractivity contribution in [3.05, 3.63) is 18.5 Å². The Morgan fingerprint density at radius 2 is 2.06 bits per heavy atom. The fraction of sp³-hybridized carbons (Fsp3) is 0.545. The number of ether oxygens (including phenoxy) is 3. The molecule has 0 atom stereocenters. The van der Waals surface area contributed by atoms with Crippen molar-refractivity contribution < 1.29 is 14.2 Å². The number of hydrogen-bond donors (Lipinski definition) is 1. The Morgan fingerprint density at radius 1 is 1.19 bits per heavy atom. The molecule has 0 bridgehead atoms. The first kappa shape index (κ1) is 12.7. The Hall–Kier alpha value is -1.33. The molecule has 0 saturated carbocycles. The summed E-state index contributed by atoms with van der Waals surface area (Å²) in [5, 5.41) is 0. The van der Waals surface area contributed by atoms with Crippen LogP contribution < -0.4 is 10.5 Å². The number of nitrogens with zero attached hydrogens (tertiary/aromatic N) is 1. The molecule has 0 amide bonds. The maximum absolute atomic E-state index is 5.56. The normalized spacial score (nSPS) is 10.3. The van der Waals surface area contributed by atoms with Crippen molar-refractivity contribution in [2.75, 3.05) is 39.3 Å². The number of hydrogen-bond acceptors (Lipinski definition) is 5. The predicted octanol–water partition coefficient (Wildman–Crippen LogP) is 1.10. The van der Waals surface area contributed by atoms with Crippen molar-refractivity contribution in [1.29, 1.82) is 0 Å². The summed E-state index contributed by atoms with van der Waals surface area (Å²) in [5.41, 5.74) is 6.17. The molecule has 16 heavy (non-hydrogen) atoms. The predicted molar refractivity (Wildman–Crippen MR) is 61.5 cm³/mol. The van der Waals surface area contributed by atoms with Gasteiger partial charge in [0.15, 0.2) is 0 Å². The second-order valence-corrected chi connectivity index (χ2v) is 3.26. The van der Waals surface area contributed by atoms with Gasteiger partial charge in [0.2, 0.25) is 0 Å². The van der Waals surface area contributed by atoms with Crippen molar-refractivity contribution >= 4 is 5.69 Å². The fourth-order valence-corrected chi connectivity index (χ4v) is 1.11. The van der Waals surface area contributed by atoms with Crippen LogP contribution in [0.2, 0.25) is 0 Å². The molecule has 0 fully saturated rings. The number of rotatable bonds is 8. The van der Waals surface area contributed by atoms with E-state index in [1.165, 1.54) is 0 Å². The maximum atomic E-state index is 5.56. The third-order valence-electron chi connectivity index (χ3n) is 1.87. The van der Waals surface area contributed by atoms with Crippen molar-refractivity contribution in [2.45, 2.75) is 6.42 Å². The summed E-state index contributed by atoms with van der Waals surface area (Å²) in [6.45, 7) is 2.51. The van der Waals surface area contributed by atoms with E-state index in [9.17, 15) is 0 Å². The number of methoxy groups -OCH3 is 1. The van der Waals surface area contributed by atoms with Crippen LogP contribution in [0.3, 0.4) is 0 Å². The van der Waals surface area contributed by atoms with E-state index in [0.717, 1.165) is 6.42 Å². The number of nitrogen functional groups attached to an aromatic ring is 1. The molecule has 5 heteroatoms. The highest BCUT2D eigenvalue weighted by Crippen LogP contribution is 2.12. The smallest absolute Gasteiger partial charge is 0.139 e. The van der Waals surface area contributed by atoms with E-state index in [2.05, 4.69) is 4.98 Å². The molecule has 0 aromatic carbocycles. The lowest BCUT2D eigenvalue weighted by molar-refractivity contribution is 0.0644. The first-order chi connectivity index (χ1) is 7.83. The zero-order valence-corrected chi connectivity index (χ0v) is 9.52. The van der Waals surface area contributed by atoms with Gasteiger partial charge in [-0.2, -0.15) is 0 Å². The quantitative estimate of drug-likeness (QED) is 0.672. The number of aromatic nitrogens is 1. The van der Waals surface area contributed by atoms with Crippen LogP contribution in [-0.2, 0) is 9.47 Å². The van der Waals surface area contributed by atoms with Crippen molar-refractivity contribution in [3.63, 3.8) is 0 Å². The minimum Gasteiger partial charge on any atom is -0.492 e. The van der Waals surface area contributed by atoms with E-state index >= 15 is 0 Å². The molecule has 0 aliphatic heterocycles. The third kappa shape index (κ3) is 5.53. The molecule has 0 aliphatic rings. The zero-order chi connectivity index (χ0) is 11.6. The van der Waals surface area contributed by atoms with Gasteiger partial charge in [-0.1, -0.05) is 0 Å². The average molecular weight is 226 g/mol. The Labute approximate surface area is 95.5 Å². The summed E-state index contributed by atoms with van der Waals surface area (Å²) < 4.78 is 15.6. The second-order valence-electron chi connectivity index (χ2n) is 3.26. The second kappa shape index (κ2) is 7.90. The lowest BCUT2D eigenvalue weighted by Crippen LogP contribution is -2.07. The Morgan fingerprint density at radius 3 is 2.81 bits per heavy atom. The largest absolute Gasteiger partial charge is 0.492 e. The Bertz CT molecular complexity index is 294. The molecule has 1 heterocycles. The molecule has 0 unspecified atom stereocenters. The van der Waals surface area contributed by atoms with Gasteiger partial charge in [0, 0.05) is 26.2 Å². The number of anilines is 1. The van der Waals surface area contributed by atoms with Gasteiger partial charge in [-0.25, -0.2) is 0 Å². The Balaban J connectivity index is 2.03. The van der Waals surface area contributed by atoms with E-state index < -0.39 is 0 Å². The maximum Gasteiger partial charge on any atom is 0.139 e. The molecule has 0 saturated heterocycles. The van der Waals surface area contributed by atoms with Gasteiger partial charge in [-0.05, 0) is 0 Å². The van der Waals surface area contributed by atoms with Crippen LogP contribution >= 0.6 is 0 Å². The van der Waals surface area contributed by atoms with E-state index in [0.29, 0.717) is 37.9 Å². The summed E-state index contributed by atoms with van der Waals surface area (Å²) in [6.07, 6.45) is 4.06. The number of pyridine rings is 1. The molecule has 90 valence electrons. The van der Waals surface area contributed by atoms with Crippen molar-refractivity contribution in [3.8, 4) is 5.75 Å². The molecule has 1 aromatic heterocycles. The monoisotopic (exact) mass is 226 g/mol. The Kier molecular flexibility index (Phi) is 6.29. The fourth-order valence-electron chi connectivity index (χ4n) is 1.11. The highest BCUT2D eigenvalue weighted by atomic mass is 16.5. The first-order valence-electron chi connectivity index (χ1n) is 5.23. The highest BCUT2D eigenvalue weighted by Gasteiger charge is 1.95. The van der Waals surface area contributed by atoms with E-state index in [1.807, 2.05) is 0 Å². The summed E-state index contributed by atoms with van der Waals surface area (Å²) >= 11 is 0. The standard InChI is InChI=1S/C11H18N2O3/c1-14-5-6-15-3-2-4-16-11-7-10(12)8-13-9-11/h7-9H,2-6,12H2,1H3. The van der Waals surface area contributed by atoms with Gasteiger partial charge in [0.05, 0.1) is 37.9 Å². The molecule has 1 rings (SSSR count). The van der Waals surface area contributed by atoms with Crippen molar-refractivity contribution in [1.82, 2.24) is 4.98 Å². The molecule has 2 N–H and O–H groups in total. The van der Waals surface area contributed by atoms with Crippen LogP contribution in [0.25, 0.3) is 0 Å². The SMILES string of the molecule is COCCOCCCOc1cncc(N)c1. The molecule has 1 aromatic rings. The summed E-state index contributed by atoms with van der Waals surface area (Å²) in [5.74, 6) is 0.692. The zero-order valence-electron chi connectivity index (χ0n) is 9.52. The molecule has 0 aliphatic carbocycles. The van der Waals surface area contributed by atoms with Gasteiger partial charge < -0.3 is 19.9 Å². The van der Waals surface area contributed by atoms with Crippen LogP contribution in [0.4, 0.5) is 5.69 Å². The summed E-state index contributed by atoms with van der Waals surface area (Å²) in [7, 11) is 1.65. The van der Waals surface area contributed by atoms with E-state index in [-0.39, 0.29) is 0 Å². The molecular weight excluding hydrogens is 208 g/mol. The minimum atomic E-state index is 0.595. The summed E-state index contributed by atoms with van der Waals surface area (Å²) in [6, 6.07) is 1.75. The van der Waals surface area contributed by atoms with Gasteiger partial charge in [-0.3, -0.25) is 4.98 Å². The lowest BCUT2D eigenvalue weighted by atomic mass is 10.4. The van der Waals surface area contributed by atoms with Gasteiger partial charge in [0.25, 0.3) is 0 Å². The lowest BCUT2D eigenvalue weighted by Gasteiger charge is -2.06. The van der Waals surface area contributed by atoms with E-state index in [1.54, 1.807) is 25.6 Å². The van der Waals surface area contributed by atoms with Crippen molar-refractivity contribution in [2.24, 2.45) is 0 Å². The minimum absolute atomic E-state index is 0.595. The van der Waals surface area contributed by atoms with Crippen LogP contribution in [0.5, 0.6) is 5.75 Å². The van der Waals surface area contributed by atoms with Gasteiger partial charge in [0.1, 0.15) is 5.75 Å². The van der Waals surface area contributed by atoms with Gasteiger partial charge in [-0.15, -0.1) is 0 Å². The van der Waals surface area contributed by atoms with Crippen LogP contribution in [0, 0.1) is 0 Å². The van der Waals surface area contributed by atoms with Crippen LogP contribution in [0.1, 0.15) is 6.42 Å². The number of nitrogens with two attached hydrogens (primary N) is 1. The van der Waals surface area contributed by atoms with Crippen LogP contribution in [0.15, 0.2) is 18.5 Å². The van der Waals surface area contributed by atoms with Crippen LogP contribution in [-0.4, -0.2) is 38.5 Å².